The number of nitrogens with one attached hydrogen (secondary N) is 3. The van der Waals surface area contributed by atoms with E-state index in [0.717, 1.165) is 16.3 Å². The normalized spacial score (nSPS) is 12.8. The van der Waals surface area contributed by atoms with Crippen LogP contribution in [0, 0.1) is 13.8 Å². The molecule has 39 nitrogen and oxygen atoms in total. The number of benzene rings is 4. The maximum atomic E-state index is 13.6. The van der Waals surface area contributed by atoms with Gasteiger partial charge in [-0.05, 0) is 78.6 Å². The number of carbonyl (C=O) groups excluding carboxylic acids is 6. The predicted molar refractivity (Wildman–Crippen MR) is 447 cm³/mol. The Morgan fingerprint density at radius 3 is 1.02 bits per heavy atom. The second-order valence-electron chi connectivity index (χ2n) is 27.4. The molecule has 1 fully saturated rings. The van der Waals surface area contributed by atoms with Gasteiger partial charge in [0, 0.05) is 62.0 Å². The van der Waals surface area contributed by atoms with Gasteiger partial charge in [-0.15, -0.1) is 5.06 Å². The molecule has 5 rings (SSSR count). The number of rotatable bonds is 88. The van der Waals surface area contributed by atoms with Crippen LogP contribution in [0.25, 0.3) is 32.3 Å². The highest BCUT2D eigenvalue weighted by Gasteiger charge is 2.33. The minimum absolute atomic E-state index is 0.00727. The van der Waals surface area contributed by atoms with E-state index in [1.807, 2.05) is 19.1 Å². The third-order valence-corrected chi connectivity index (χ3v) is 18.8. The van der Waals surface area contributed by atoms with Crippen molar-refractivity contribution in [2.24, 2.45) is 0 Å². The van der Waals surface area contributed by atoms with E-state index in [1.54, 1.807) is 32.2 Å². The molecule has 1 aliphatic heterocycles. The first-order chi connectivity index (χ1) is 60.7. The Hall–Kier alpha value is -6.31. The van der Waals surface area contributed by atoms with Gasteiger partial charge in [0.15, 0.2) is 6.61 Å². The van der Waals surface area contributed by atoms with Crippen molar-refractivity contribution in [1.82, 2.24) is 21.0 Å². The second-order valence-corrected chi connectivity index (χ2v) is 28.8. The van der Waals surface area contributed by atoms with Crippen LogP contribution in [0.5, 0.6) is 5.75 Å². The molecule has 1 saturated heterocycles. The van der Waals surface area contributed by atoms with Crippen LogP contribution in [0.3, 0.4) is 0 Å². The molecule has 1 atom stereocenters. The molecular weight excluding hydrogens is 1660 g/mol. The summed E-state index contributed by atoms with van der Waals surface area (Å²) in [6, 6.07) is 8.95. The number of hydroxylamine groups is 2. The van der Waals surface area contributed by atoms with Crippen LogP contribution >= 0.6 is 0 Å². The number of hydrogen-bond donors (Lipinski definition) is 3. The molecule has 0 aromatic heterocycles. The molecule has 1 aliphatic rings. The average Bonchev–Trinajstić information content (AvgIpc) is 0.768. The van der Waals surface area contributed by atoms with E-state index in [0.29, 0.717) is 343 Å². The number of nitrogens with zero attached hydrogens (tertiary/aromatic N) is 1. The number of amides is 5. The van der Waals surface area contributed by atoms with E-state index in [4.69, 9.17) is 123 Å². The lowest BCUT2D eigenvalue weighted by Crippen LogP contribution is -2.49. The van der Waals surface area contributed by atoms with Crippen molar-refractivity contribution in [3.8, 4) is 5.75 Å². The first kappa shape index (κ1) is 108. The summed E-state index contributed by atoms with van der Waals surface area (Å²) in [7, 11) is -3.19. The third kappa shape index (κ3) is 51.6. The van der Waals surface area contributed by atoms with Gasteiger partial charge in [-0.2, -0.15) is 0 Å². The minimum atomic E-state index is -4.83. The molecule has 0 saturated carbocycles. The van der Waals surface area contributed by atoms with E-state index in [9.17, 15) is 41.7 Å². The van der Waals surface area contributed by atoms with Gasteiger partial charge >= 0.3 is 5.97 Å². The van der Waals surface area contributed by atoms with Crippen LogP contribution in [-0.2, 0) is 157 Å². The van der Waals surface area contributed by atoms with Crippen molar-refractivity contribution in [1.29, 1.82) is 0 Å². The molecule has 3 N–H and O–H groups in total. The molecule has 4 aromatic rings. The molecule has 1 heterocycles. The van der Waals surface area contributed by atoms with Crippen molar-refractivity contribution in [3.05, 3.63) is 47.5 Å². The monoisotopic (exact) mass is 1790 g/mol. The van der Waals surface area contributed by atoms with E-state index >= 15 is 0 Å². The van der Waals surface area contributed by atoms with E-state index in [-0.39, 0.29) is 81.2 Å². The van der Waals surface area contributed by atoms with Crippen LogP contribution in [0.2, 0.25) is 0 Å². The van der Waals surface area contributed by atoms with Gasteiger partial charge in [0.2, 0.25) is 11.8 Å². The Kier molecular flexibility index (Phi) is 63.3. The zero-order valence-corrected chi connectivity index (χ0v) is 73.5. The summed E-state index contributed by atoms with van der Waals surface area (Å²) in [6.45, 7) is 24.2. The number of ether oxygens (including phenoxy) is 25. The molecule has 1 unspecified atom stereocenters. The number of hydrogen-bond acceptors (Lipinski definition) is 35. The van der Waals surface area contributed by atoms with Gasteiger partial charge < -0.3 is 144 Å². The highest BCUT2D eigenvalue weighted by atomic mass is 32.2. The van der Waals surface area contributed by atoms with Gasteiger partial charge in [-0.25, -0.2) is 13.2 Å². The van der Waals surface area contributed by atoms with Gasteiger partial charge in [-0.1, -0.05) is 24.6 Å². The van der Waals surface area contributed by atoms with Gasteiger partial charge in [0.05, 0.1) is 315 Å². The van der Waals surface area contributed by atoms with Crippen molar-refractivity contribution < 1.29 is 165 Å². The maximum Gasteiger partial charge on any atom is 0.333 e. The SMILES string of the molecule is COCCOCCOCCOCCOCCOCCOCCOCCOCCOCCOCCOCCOCCOCCOCCOCCOCCOCCOCCOCCOCCOCCOCCOCCNC(=O)C(CCC(=O)NCCCCCC(=O)ON1C(=O)CCC1=O)NC(=O)COc1cc(C)c2ccc3c(C)cc(S(=O)(=O)[O-])c4ccc1c2c34. The Morgan fingerprint density at radius 2 is 0.677 bits per heavy atom. The summed E-state index contributed by atoms with van der Waals surface area (Å²) in [5.41, 5.74) is 1.37. The number of methoxy groups -OCH3 is 1. The largest absolute Gasteiger partial charge is 0.744 e. The fourth-order valence-corrected chi connectivity index (χ4v) is 12.4. The molecule has 124 heavy (non-hydrogen) atoms. The zero-order valence-electron chi connectivity index (χ0n) is 72.7. The van der Waals surface area contributed by atoms with Gasteiger partial charge in [-0.3, -0.25) is 24.0 Å². The molecule has 708 valence electrons. The molecule has 0 radical (unpaired) electrons. The van der Waals surface area contributed by atoms with E-state index < -0.39 is 52.4 Å². The Balaban J connectivity index is 0.717. The third-order valence-electron chi connectivity index (χ3n) is 17.9. The second kappa shape index (κ2) is 72.6. The number of unbranched alkanes of at least 4 members (excludes halogenated alkanes) is 2. The summed E-state index contributed by atoms with van der Waals surface area (Å²) in [5.74, 6) is -3.14. The highest BCUT2D eigenvalue weighted by Crippen LogP contribution is 2.43. The molecule has 5 amide bonds. The molecule has 0 aliphatic carbocycles. The predicted octanol–water partition coefficient (Wildman–Crippen LogP) is 3.18. The fraction of sp³-hybridized carbons (Fsp3) is 0.738. The first-order valence-corrected chi connectivity index (χ1v) is 44.1. The van der Waals surface area contributed by atoms with Crippen LogP contribution < -0.4 is 20.7 Å². The smallest absolute Gasteiger partial charge is 0.333 e. The lowest BCUT2D eigenvalue weighted by atomic mass is 9.90. The molecular formula is C84H135N4O35S-. The van der Waals surface area contributed by atoms with Crippen molar-refractivity contribution >= 4 is 77.9 Å². The van der Waals surface area contributed by atoms with Crippen molar-refractivity contribution in [3.63, 3.8) is 0 Å². The highest BCUT2D eigenvalue weighted by molar-refractivity contribution is 7.86. The number of imide groups is 1. The quantitative estimate of drug-likeness (QED) is 0.0247. The lowest BCUT2D eigenvalue weighted by Gasteiger charge is -2.21. The molecule has 0 bridgehead atoms. The first-order valence-electron chi connectivity index (χ1n) is 42.7. The molecule has 4 aromatic carbocycles. The van der Waals surface area contributed by atoms with Crippen molar-refractivity contribution in [2.45, 2.75) is 76.2 Å². The fourth-order valence-electron chi connectivity index (χ4n) is 11.7. The van der Waals surface area contributed by atoms with Crippen LogP contribution in [0.1, 0.15) is 62.5 Å². The average molecular weight is 1790 g/mol. The van der Waals surface area contributed by atoms with Gasteiger partial charge in [0.1, 0.15) is 21.9 Å². The summed E-state index contributed by atoms with van der Waals surface area (Å²) < 4.78 is 175. The Labute approximate surface area is 727 Å². The number of carbonyl (C=O) groups is 6. The molecule has 40 heteroatoms. The van der Waals surface area contributed by atoms with Crippen LogP contribution in [0.4, 0.5) is 0 Å². The topological polar surface area (TPSA) is 439 Å². The standard InChI is InChI=1S/C84H136N4O35S/c1-68-65-75(72-10-11-73-76(124(95,96)97)66-69(2)71-9-8-70(68)82(72)83(71)73)122-67-78(90)87-74(12-13-77(89)85-16-6-4-5-7-81(93)123-88-79(91)14-15-80(88)92)84(94)86-17-18-99-21-22-101-25-26-103-29-30-105-33-34-107-37-38-109-41-42-111-45-46-113-49-50-115-53-54-117-57-58-119-61-62-121-64-63-120-60-59-118-56-55-116-52-51-114-48-47-112-44-43-110-40-39-108-36-35-106-32-31-104-28-27-102-24-23-100-20-19-98-3/h8-11,65-66,74H,4-7,12-64,67H2,1-3H3,(H,85,89)(H,86,94)(H,87,90)(H,95,96,97)/p-1. The Morgan fingerprint density at radius 1 is 0.371 bits per heavy atom. The van der Waals surface area contributed by atoms with Crippen LogP contribution in [-0.4, -0.2) is 397 Å². The van der Waals surface area contributed by atoms with Crippen molar-refractivity contribution in [2.75, 3.05) is 337 Å². The summed E-state index contributed by atoms with van der Waals surface area (Å²) in [4.78, 5) is 80.4. The Bertz CT molecular complexity index is 3540. The van der Waals surface area contributed by atoms with Gasteiger partial charge in [0.25, 0.3) is 17.7 Å². The zero-order chi connectivity index (χ0) is 88.7. The minimum Gasteiger partial charge on any atom is -0.744 e. The maximum absolute atomic E-state index is 13.6. The summed E-state index contributed by atoms with van der Waals surface area (Å²) >= 11 is 0. The summed E-state index contributed by atoms with van der Waals surface area (Å²) in [6.07, 6.45) is 1.16. The van der Waals surface area contributed by atoms with E-state index in [1.165, 1.54) is 6.07 Å². The van der Waals surface area contributed by atoms with E-state index in [2.05, 4.69) is 16.0 Å². The lowest BCUT2D eigenvalue weighted by molar-refractivity contribution is -0.197. The summed E-state index contributed by atoms with van der Waals surface area (Å²) in [5, 5.41) is 12.4. The molecule has 0 spiro atoms. The van der Waals surface area contributed by atoms with Crippen LogP contribution in [0.15, 0.2) is 41.3 Å². The number of aryl methyl sites for hydroxylation is 2.